The molecule has 0 bridgehead atoms. The molecule has 0 aromatic carbocycles. The second kappa shape index (κ2) is 4.69. The minimum atomic E-state index is 0.479. The molecule has 0 aromatic heterocycles. The van der Waals surface area contributed by atoms with Gasteiger partial charge < -0.3 is 5.32 Å². The van der Waals surface area contributed by atoms with Gasteiger partial charge >= 0.3 is 0 Å². The summed E-state index contributed by atoms with van der Waals surface area (Å²) in [5.74, 6) is 0. The Morgan fingerprint density at radius 1 is 1.20 bits per heavy atom. The Morgan fingerprint density at radius 3 is 2.33 bits per heavy atom. The maximum Gasteiger partial charge on any atom is 0.0221 e. The van der Waals surface area contributed by atoms with Crippen LogP contribution in [-0.4, -0.2) is 12.1 Å². The molecule has 0 saturated heterocycles. The fourth-order valence-corrected chi connectivity index (χ4v) is 3.46. The van der Waals surface area contributed by atoms with Gasteiger partial charge in [0.1, 0.15) is 0 Å². The molecule has 0 heterocycles. The van der Waals surface area contributed by atoms with Gasteiger partial charge in [0.2, 0.25) is 0 Å². The van der Waals surface area contributed by atoms with E-state index in [1.807, 2.05) is 6.08 Å². The van der Waals surface area contributed by atoms with Crippen LogP contribution in [0.2, 0.25) is 0 Å². The molecular weight excluding hydrogens is 182 g/mol. The van der Waals surface area contributed by atoms with Gasteiger partial charge in [0.05, 0.1) is 0 Å². The lowest BCUT2D eigenvalue weighted by molar-refractivity contribution is 0.166. The molecular formula is C14H25N. The van der Waals surface area contributed by atoms with Crippen LogP contribution in [0.1, 0.15) is 58.3 Å². The molecule has 1 spiro atoms. The summed E-state index contributed by atoms with van der Waals surface area (Å²) in [5.41, 5.74) is 0.773. The zero-order chi connectivity index (χ0) is 10.7. The normalized spacial score (nSPS) is 28.1. The van der Waals surface area contributed by atoms with Crippen LogP contribution in [0.25, 0.3) is 0 Å². The molecule has 1 heteroatoms. The Bertz CT molecular complexity index is 205. The molecule has 2 fully saturated rings. The van der Waals surface area contributed by atoms with Crippen molar-refractivity contribution in [3.8, 4) is 0 Å². The summed E-state index contributed by atoms with van der Waals surface area (Å²) in [6.07, 6.45) is 13.7. The van der Waals surface area contributed by atoms with Gasteiger partial charge in [-0.15, -0.1) is 6.58 Å². The van der Waals surface area contributed by atoms with E-state index in [-0.39, 0.29) is 0 Å². The lowest BCUT2D eigenvalue weighted by Crippen LogP contribution is -2.40. The Kier molecular flexibility index (Phi) is 3.50. The van der Waals surface area contributed by atoms with E-state index in [9.17, 15) is 0 Å². The van der Waals surface area contributed by atoms with Crippen molar-refractivity contribution in [1.82, 2.24) is 5.32 Å². The highest BCUT2D eigenvalue weighted by Crippen LogP contribution is 2.48. The summed E-state index contributed by atoms with van der Waals surface area (Å²) in [6.45, 7) is 6.04. The summed E-state index contributed by atoms with van der Waals surface area (Å²) in [4.78, 5) is 0. The number of rotatable bonds is 3. The standard InChI is InChI=1S/C14H25N/c1-3-12(2)15-13-6-10-14(11-7-13)8-4-5-9-14/h3,12-13,15H,1,4-11H2,2H3. The van der Waals surface area contributed by atoms with Crippen LogP contribution in [-0.2, 0) is 0 Å². The van der Waals surface area contributed by atoms with Gasteiger partial charge in [-0.2, -0.15) is 0 Å². The highest BCUT2D eigenvalue weighted by atomic mass is 14.9. The molecule has 2 rings (SSSR count). The summed E-state index contributed by atoms with van der Waals surface area (Å²) < 4.78 is 0. The van der Waals surface area contributed by atoms with Gasteiger partial charge in [0.25, 0.3) is 0 Å². The van der Waals surface area contributed by atoms with Crippen molar-refractivity contribution in [1.29, 1.82) is 0 Å². The van der Waals surface area contributed by atoms with Crippen molar-refractivity contribution in [2.75, 3.05) is 0 Å². The molecule has 86 valence electrons. The predicted molar refractivity (Wildman–Crippen MR) is 66.0 cm³/mol. The van der Waals surface area contributed by atoms with E-state index in [4.69, 9.17) is 0 Å². The Hall–Kier alpha value is -0.300. The molecule has 0 amide bonds. The lowest BCUT2D eigenvalue weighted by Gasteiger charge is -2.38. The van der Waals surface area contributed by atoms with Crippen molar-refractivity contribution in [3.05, 3.63) is 12.7 Å². The molecule has 1 nitrogen and oxygen atoms in total. The first-order valence-corrected chi connectivity index (χ1v) is 6.63. The molecule has 1 unspecified atom stereocenters. The Morgan fingerprint density at radius 2 is 1.80 bits per heavy atom. The second-order valence-corrected chi connectivity index (χ2v) is 5.67. The summed E-state index contributed by atoms with van der Waals surface area (Å²) in [6, 6.07) is 1.23. The first kappa shape index (κ1) is 11.2. The van der Waals surface area contributed by atoms with Crippen LogP contribution in [0, 0.1) is 5.41 Å². The van der Waals surface area contributed by atoms with E-state index in [0.29, 0.717) is 6.04 Å². The average molecular weight is 207 g/mol. The molecule has 15 heavy (non-hydrogen) atoms. The van der Waals surface area contributed by atoms with Crippen LogP contribution in [0.3, 0.4) is 0 Å². The lowest BCUT2D eigenvalue weighted by atomic mass is 9.71. The van der Waals surface area contributed by atoms with Gasteiger partial charge in [0, 0.05) is 12.1 Å². The topological polar surface area (TPSA) is 12.0 Å². The molecule has 0 radical (unpaired) electrons. The van der Waals surface area contributed by atoms with E-state index >= 15 is 0 Å². The van der Waals surface area contributed by atoms with Crippen LogP contribution >= 0.6 is 0 Å². The number of hydrogen-bond donors (Lipinski definition) is 1. The summed E-state index contributed by atoms with van der Waals surface area (Å²) >= 11 is 0. The van der Waals surface area contributed by atoms with Gasteiger partial charge in [-0.1, -0.05) is 18.9 Å². The SMILES string of the molecule is C=CC(C)NC1CCC2(CCCC2)CC1. The van der Waals surface area contributed by atoms with E-state index < -0.39 is 0 Å². The van der Waals surface area contributed by atoms with Crippen molar-refractivity contribution < 1.29 is 0 Å². The maximum absolute atomic E-state index is 3.83. The Labute approximate surface area is 94.3 Å². The predicted octanol–water partition coefficient (Wildman–Crippen LogP) is 3.65. The van der Waals surface area contributed by atoms with Crippen molar-refractivity contribution in [3.63, 3.8) is 0 Å². The van der Waals surface area contributed by atoms with Crippen LogP contribution in [0.4, 0.5) is 0 Å². The third kappa shape index (κ3) is 2.63. The van der Waals surface area contributed by atoms with Gasteiger partial charge in [0.15, 0.2) is 0 Å². The summed E-state index contributed by atoms with van der Waals surface area (Å²) in [7, 11) is 0. The molecule has 1 N–H and O–H groups in total. The number of nitrogens with one attached hydrogen (secondary N) is 1. The largest absolute Gasteiger partial charge is 0.308 e. The molecule has 0 aromatic rings. The van der Waals surface area contributed by atoms with Crippen LogP contribution in [0.15, 0.2) is 12.7 Å². The fourth-order valence-electron chi connectivity index (χ4n) is 3.46. The van der Waals surface area contributed by atoms with Gasteiger partial charge in [-0.3, -0.25) is 0 Å². The van der Waals surface area contributed by atoms with Gasteiger partial charge in [-0.25, -0.2) is 0 Å². The Balaban J connectivity index is 1.78. The van der Waals surface area contributed by atoms with Crippen molar-refractivity contribution in [2.24, 2.45) is 5.41 Å². The highest BCUT2D eigenvalue weighted by Gasteiger charge is 2.37. The second-order valence-electron chi connectivity index (χ2n) is 5.67. The molecule has 2 aliphatic rings. The molecule has 1 atom stereocenters. The third-order valence-corrected chi connectivity index (χ3v) is 4.56. The third-order valence-electron chi connectivity index (χ3n) is 4.56. The van der Waals surface area contributed by atoms with E-state index in [2.05, 4.69) is 18.8 Å². The quantitative estimate of drug-likeness (QED) is 0.696. The number of hydrogen-bond acceptors (Lipinski definition) is 1. The fraction of sp³-hybridized carbons (Fsp3) is 0.857. The first-order valence-electron chi connectivity index (χ1n) is 6.63. The van der Waals surface area contributed by atoms with E-state index in [1.54, 1.807) is 0 Å². The van der Waals surface area contributed by atoms with Crippen molar-refractivity contribution >= 4 is 0 Å². The van der Waals surface area contributed by atoms with Crippen LogP contribution < -0.4 is 5.32 Å². The smallest absolute Gasteiger partial charge is 0.0221 e. The van der Waals surface area contributed by atoms with Gasteiger partial charge in [-0.05, 0) is 50.9 Å². The van der Waals surface area contributed by atoms with Crippen molar-refractivity contribution in [2.45, 2.75) is 70.4 Å². The molecule has 0 aliphatic heterocycles. The minimum absolute atomic E-state index is 0.479. The monoisotopic (exact) mass is 207 g/mol. The summed E-state index contributed by atoms with van der Waals surface area (Å²) in [5, 5.41) is 3.66. The zero-order valence-electron chi connectivity index (χ0n) is 10.1. The average Bonchev–Trinajstić information content (AvgIpc) is 2.70. The highest BCUT2D eigenvalue weighted by molar-refractivity contribution is 4.93. The molecule has 2 saturated carbocycles. The van der Waals surface area contributed by atoms with Crippen LogP contribution in [0.5, 0.6) is 0 Å². The first-order chi connectivity index (χ1) is 7.24. The van der Waals surface area contributed by atoms with E-state index in [1.165, 1.54) is 51.4 Å². The van der Waals surface area contributed by atoms with E-state index in [0.717, 1.165) is 11.5 Å². The maximum atomic E-state index is 3.83. The zero-order valence-corrected chi connectivity index (χ0v) is 10.1. The minimum Gasteiger partial charge on any atom is -0.308 e. The molecule has 2 aliphatic carbocycles.